The van der Waals surface area contributed by atoms with E-state index in [9.17, 15) is 4.79 Å². The zero-order valence-corrected chi connectivity index (χ0v) is 20.1. The van der Waals surface area contributed by atoms with E-state index in [1.807, 2.05) is 37.8 Å². The van der Waals surface area contributed by atoms with Crippen molar-refractivity contribution >= 4 is 11.9 Å². The Balaban J connectivity index is 1.49. The van der Waals surface area contributed by atoms with Crippen molar-refractivity contribution in [3.63, 3.8) is 0 Å². The molecule has 1 aromatic heterocycles. The molecule has 3 rings (SSSR count). The summed E-state index contributed by atoms with van der Waals surface area (Å²) in [5, 5.41) is 11.4. The number of aliphatic imine (C=N–C) groups is 1. The van der Waals surface area contributed by atoms with Crippen molar-refractivity contribution in [1.29, 1.82) is 0 Å². The minimum Gasteiger partial charge on any atom is -0.356 e. The van der Waals surface area contributed by atoms with E-state index < -0.39 is 0 Å². The maximum absolute atomic E-state index is 12.3. The van der Waals surface area contributed by atoms with Gasteiger partial charge < -0.3 is 15.5 Å². The lowest BCUT2D eigenvalue weighted by Gasteiger charge is -2.26. The molecule has 1 unspecified atom stereocenters. The Morgan fingerprint density at radius 2 is 2.03 bits per heavy atom. The smallest absolute Gasteiger partial charge is 0.239 e. The van der Waals surface area contributed by atoms with Crippen molar-refractivity contribution in [3.05, 3.63) is 47.3 Å². The van der Waals surface area contributed by atoms with Crippen LogP contribution in [0.4, 0.5) is 0 Å². The molecule has 0 saturated carbocycles. The Bertz CT molecular complexity index is 934. The van der Waals surface area contributed by atoms with Crippen LogP contribution in [0.25, 0.3) is 5.69 Å². The van der Waals surface area contributed by atoms with Gasteiger partial charge in [-0.2, -0.15) is 5.10 Å². The maximum atomic E-state index is 12.3. The number of para-hydroxylation sites is 1. The maximum Gasteiger partial charge on any atom is 0.239 e. The number of nitrogens with zero attached hydrogens (tertiary/aromatic N) is 5. The number of benzene rings is 1. The van der Waals surface area contributed by atoms with Gasteiger partial charge >= 0.3 is 0 Å². The summed E-state index contributed by atoms with van der Waals surface area (Å²) in [7, 11) is 5.46. The molecule has 2 N–H and O–H groups in total. The lowest BCUT2D eigenvalue weighted by atomic mass is 10.1. The zero-order valence-electron chi connectivity index (χ0n) is 20.1. The van der Waals surface area contributed by atoms with Gasteiger partial charge in [0, 0.05) is 46.5 Å². The van der Waals surface area contributed by atoms with E-state index in [-0.39, 0.29) is 11.9 Å². The third-order valence-electron chi connectivity index (χ3n) is 5.90. The standard InChI is InChI=1S/C24H37N7O/c1-18-16-19(2)31(28-18)21-11-7-6-10-20(21)17-27-24(25-3)26-13-9-15-30-14-8-12-22(30)23(32)29(4)5/h6-7,10-11,16,22H,8-9,12-15,17H2,1-5H3,(H2,25,26,27). The predicted molar refractivity (Wildman–Crippen MR) is 129 cm³/mol. The molecule has 1 aliphatic rings. The van der Waals surface area contributed by atoms with E-state index in [1.54, 1.807) is 11.9 Å². The summed E-state index contributed by atoms with van der Waals surface area (Å²) in [6.45, 7) is 7.45. The lowest BCUT2D eigenvalue weighted by Crippen LogP contribution is -2.44. The molecule has 1 amide bonds. The van der Waals surface area contributed by atoms with Gasteiger partial charge in [-0.3, -0.25) is 14.7 Å². The molecule has 0 spiro atoms. The van der Waals surface area contributed by atoms with Crippen LogP contribution in [0, 0.1) is 13.8 Å². The van der Waals surface area contributed by atoms with Crippen LogP contribution in [0.2, 0.25) is 0 Å². The van der Waals surface area contributed by atoms with Crippen molar-refractivity contribution < 1.29 is 4.79 Å². The van der Waals surface area contributed by atoms with Gasteiger partial charge in [0.25, 0.3) is 0 Å². The van der Waals surface area contributed by atoms with E-state index in [0.717, 1.165) is 67.5 Å². The number of aryl methyl sites for hydroxylation is 2. The van der Waals surface area contributed by atoms with Crippen LogP contribution in [0.3, 0.4) is 0 Å². The minimum absolute atomic E-state index is 0.0355. The van der Waals surface area contributed by atoms with Crippen LogP contribution in [-0.4, -0.2) is 78.3 Å². The fourth-order valence-corrected chi connectivity index (χ4v) is 4.30. The number of likely N-dealkylation sites (tertiary alicyclic amines) is 1. The van der Waals surface area contributed by atoms with Crippen molar-refractivity contribution in [2.45, 2.75) is 45.7 Å². The molecule has 8 heteroatoms. The van der Waals surface area contributed by atoms with E-state index >= 15 is 0 Å². The van der Waals surface area contributed by atoms with Crippen LogP contribution >= 0.6 is 0 Å². The number of carbonyl (C=O) groups excluding carboxylic acids is 1. The van der Waals surface area contributed by atoms with Gasteiger partial charge in [-0.25, -0.2) is 4.68 Å². The molecule has 2 aromatic rings. The fraction of sp³-hybridized carbons (Fsp3) is 0.542. The Morgan fingerprint density at radius 3 is 2.72 bits per heavy atom. The lowest BCUT2D eigenvalue weighted by molar-refractivity contribution is -0.133. The molecular formula is C24H37N7O. The molecule has 1 saturated heterocycles. The predicted octanol–water partition coefficient (Wildman–Crippen LogP) is 2.10. The number of amides is 1. The molecule has 32 heavy (non-hydrogen) atoms. The second kappa shape index (κ2) is 11.1. The third kappa shape index (κ3) is 5.88. The second-order valence-electron chi connectivity index (χ2n) is 8.60. The molecule has 1 aromatic carbocycles. The minimum atomic E-state index is 0.0355. The normalized spacial score (nSPS) is 16.9. The summed E-state index contributed by atoms with van der Waals surface area (Å²) in [6.07, 6.45) is 3.01. The van der Waals surface area contributed by atoms with Crippen molar-refractivity contribution in [3.8, 4) is 5.69 Å². The molecule has 2 heterocycles. The average molecular weight is 440 g/mol. The monoisotopic (exact) mass is 439 g/mol. The van der Waals surface area contributed by atoms with Crippen LogP contribution in [-0.2, 0) is 11.3 Å². The third-order valence-corrected chi connectivity index (χ3v) is 5.90. The van der Waals surface area contributed by atoms with E-state index in [4.69, 9.17) is 0 Å². The molecule has 0 radical (unpaired) electrons. The number of hydrogen-bond donors (Lipinski definition) is 2. The summed E-state index contributed by atoms with van der Waals surface area (Å²) in [5.41, 5.74) is 4.36. The number of rotatable bonds is 8. The summed E-state index contributed by atoms with van der Waals surface area (Å²) < 4.78 is 1.99. The molecule has 1 atom stereocenters. The molecule has 0 bridgehead atoms. The van der Waals surface area contributed by atoms with Crippen molar-refractivity contribution in [2.24, 2.45) is 4.99 Å². The van der Waals surface area contributed by atoms with Gasteiger partial charge in [0.1, 0.15) is 0 Å². The molecule has 1 aliphatic heterocycles. The number of aromatic nitrogens is 2. The largest absolute Gasteiger partial charge is 0.356 e. The number of nitrogens with one attached hydrogen (secondary N) is 2. The van der Waals surface area contributed by atoms with E-state index in [2.05, 4.69) is 50.7 Å². The van der Waals surface area contributed by atoms with E-state index in [0.29, 0.717) is 6.54 Å². The summed E-state index contributed by atoms with van der Waals surface area (Å²) in [5.74, 6) is 0.990. The van der Waals surface area contributed by atoms with Crippen LogP contribution in [0.1, 0.15) is 36.2 Å². The Hall–Kier alpha value is -2.87. The van der Waals surface area contributed by atoms with Gasteiger partial charge in [-0.1, -0.05) is 18.2 Å². The van der Waals surface area contributed by atoms with Crippen molar-refractivity contribution in [2.75, 3.05) is 40.8 Å². The molecule has 1 fully saturated rings. The Morgan fingerprint density at radius 1 is 1.25 bits per heavy atom. The number of guanidine groups is 1. The Kier molecular flexibility index (Phi) is 8.27. The van der Waals surface area contributed by atoms with Gasteiger partial charge in [0.05, 0.1) is 17.4 Å². The first-order valence-corrected chi connectivity index (χ1v) is 11.4. The number of carbonyl (C=O) groups is 1. The van der Waals surface area contributed by atoms with Gasteiger partial charge in [0.2, 0.25) is 5.91 Å². The highest BCUT2D eigenvalue weighted by Gasteiger charge is 2.30. The quantitative estimate of drug-likeness (QED) is 0.374. The first kappa shape index (κ1) is 23.8. The van der Waals surface area contributed by atoms with Crippen LogP contribution < -0.4 is 10.6 Å². The van der Waals surface area contributed by atoms with Crippen molar-refractivity contribution in [1.82, 2.24) is 30.2 Å². The fourth-order valence-electron chi connectivity index (χ4n) is 4.30. The molecule has 174 valence electrons. The average Bonchev–Trinajstić information content (AvgIpc) is 3.38. The number of likely N-dealkylation sites (N-methyl/N-ethyl adjacent to an activating group) is 1. The summed E-state index contributed by atoms with van der Waals surface area (Å²) in [4.78, 5) is 20.7. The highest BCUT2D eigenvalue weighted by Crippen LogP contribution is 2.19. The van der Waals surface area contributed by atoms with Crippen LogP contribution in [0.5, 0.6) is 0 Å². The van der Waals surface area contributed by atoms with E-state index in [1.165, 1.54) is 0 Å². The van der Waals surface area contributed by atoms with Gasteiger partial charge in [-0.05, 0) is 57.4 Å². The molecule has 8 nitrogen and oxygen atoms in total. The van der Waals surface area contributed by atoms with Gasteiger partial charge in [-0.15, -0.1) is 0 Å². The summed E-state index contributed by atoms with van der Waals surface area (Å²) in [6, 6.07) is 10.4. The SMILES string of the molecule is CN=C(NCCCN1CCCC1C(=O)N(C)C)NCc1ccccc1-n1nc(C)cc1C. The molecular weight excluding hydrogens is 402 g/mol. The zero-order chi connectivity index (χ0) is 23.1. The first-order valence-electron chi connectivity index (χ1n) is 11.4. The highest BCUT2D eigenvalue weighted by atomic mass is 16.2. The van der Waals surface area contributed by atoms with Crippen LogP contribution in [0.15, 0.2) is 35.3 Å². The first-order chi connectivity index (χ1) is 15.4. The summed E-state index contributed by atoms with van der Waals surface area (Å²) >= 11 is 0. The second-order valence-corrected chi connectivity index (χ2v) is 8.60. The van der Waals surface area contributed by atoms with Gasteiger partial charge in [0.15, 0.2) is 5.96 Å². The highest BCUT2D eigenvalue weighted by molar-refractivity contribution is 5.81. The Labute approximate surface area is 191 Å². The topological polar surface area (TPSA) is 77.8 Å². The number of hydrogen-bond acceptors (Lipinski definition) is 4. The molecule has 0 aliphatic carbocycles.